The number of aliphatic hydroxyl groups is 1. The van der Waals surface area contributed by atoms with Crippen molar-refractivity contribution in [2.24, 2.45) is 5.73 Å². The van der Waals surface area contributed by atoms with Crippen molar-refractivity contribution in [2.45, 2.75) is 12.5 Å². The lowest BCUT2D eigenvalue weighted by Gasteiger charge is -2.10. The summed E-state index contributed by atoms with van der Waals surface area (Å²) in [6, 6.07) is 5.31. The molecule has 0 spiro atoms. The molecule has 0 saturated heterocycles. The third-order valence-corrected chi connectivity index (χ3v) is 2.22. The molecule has 0 radical (unpaired) electrons. The highest BCUT2D eigenvalue weighted by molar-refractivity contribution is 6.03. The number of rotatable bonds is 6. The lowest BCUT2D eigenvalue weighted by Crippen LogP contribution is -2.32. The third-order valence-electron chi connectivity index (χ3n) is 2.22. The number of carbonyl (C=O) groups is 2. The fourth-order valence-corrected chi connectivity index (χ4v) is 1.36. The van der Waals surface area contributed by atoms with Crippen LogP contribution in [0.1, 0.15) is 16.8 Å². The summed E-state index contributed by atoms with van der Waals surface area (Å²) in [6.45, 7) is -0.310. The van der Waals surface area contributed by atoms with Crippen molar-refractivity contribution in [3.63, 3.8) is 0 Å². The van der Waals surface area contributed by atoms with Gasteiger partial charge in [0.15, 0.2) is 5.78 Å². The van der Waals surface area contributed by atoms with Crippen LogP contribution in [-0.4, -0.2) is 34.7 Å². The molecule has 92 valence electrons. The molecule has 0 heterocycles. The Balaban J connectivity index is 2.84. The van der Waals surface area contributed by atoms with Gasteiger partial charge in [0.05, 0.1) is 0 Å². The number of aliphatic hydroxyl groups excluding tert-OH is 1. The molecule has 0 bridgehead atoms. The monoisotopic (exact) mass is 238 g/mol. The standard InChI is InChI=1S/C11H14N2O4/c12-8(11(16)17)5-10(15)7-3-1-2-4-9(7)13-6-14/h1-4,8,13-14H,5-6,12H2,(H,16,17)/t8-/m0/s1. The van der Waals surface area contributed by atoms with Gasteiger partial charge in [-0.05, 0) is 12.1 Å². The fraction of sp³-hybridized carbons (Fsp3) is 0.273. The number of hydrogen-bond acceptors (Lipinski definition) is 5. The number of aliphatic carboxylic acids is 1. The Kier molecular flexibility index (Phi) is 4.62. The number of carboxylic acid groups (broad SMARTS) is 1. The van der Waals surface area contributed by atoms with E-state index in [0.29, 0.717) is 11.3 Å². The van der Waals surface area contributed by atoms with Gasteiger partial charge in [0.1, 0.15) is 12.8 Å². The third kappa shape index (κ3) is 3.54. The first-order chi connectivity index (χ1) is 8.06. The quantitative estimate of drug-likeness (QED) is 0.411. The number of anilines is 1. The van der Waals surface area contributed by atoms with Crippen LogP contribution in [0.3, 0.4) is 0 Å². The van der Waals surface area contributed by atoms with Crippen LogP contribution >= 0.6 is 0 Å². The van der Waals surface area contributed by atoms with E-state index in [9.17, 15) is 9.59 Å². The van der Waals surface area contributed by atoms with E-state index >= 15 is 0 Å². The molecule has 6 nitrogen and oxygen atoms in total. The number of hydrogen-bond donors (Lipinski definition) is 4. The number of benzene rings is 1. The molecule has 0 aliphatic carbocycles. The molecule has 17 heavy (non-hydrogen) atoms. The van der Waals surface area contributed by atoms with E-state index < -0.39 is 12.0 Å². The molecule has 1 aromatic rings. The molecule has 1 aromatic carbocycles. The summed E-state index contributed by atoms with van der Waals surface area (Å²) in [7, 11) is 0. The van der Waals surface area contributed by atoms with Crippen molar-refractivity contribution in [1.82, 2.24) is 0 Å². The Bertz CT molecular complexity index is 420. The number of para-hydroxylation sites is 1. The topological polar surface area (TPSA) is 113 Å². The summed E-state index contributed by atoms with van der Waals surface area (Å²) in [5, 5.41) is 20.0. The molecule has 0 fully saturated rings. The molecule has 1 atom stereocenters. The van der Waals surface area contributed by atoms with Crippen LogP contribution in [0.4, 0.5) is 5.69 Å². The van der Waals surface area contributed by atoms with E-state index in [1.165, 1.54) is 0 Å². The van der Waals surface area contributed by atoms with E-state index in [0.717, 1.165) is 0 Å². The number of nitrogens with two attached hydrogens (primary N) is 1. The molecule has 0 aliphatic rings. The summed E-state index contributed by atoms with van der Waals surface area (Å²) >= 11 is 0. The Morgan fingerprint density at radius 3 is 2.59 bits per heavy atom. The van der Waals surface area contributed by atoms with Crippen molar-refractivity contribution in [3.8, 4) is 0 Å². The first-order valence-corrected chi connectivity index (χ1v) is 5.01. The van der Waals surface area contributed by atoms with Crippen LogP contribution in [0.25, 0.3) is 0 Å². The average molecular weight is 238 g/mol. The number of ketones is 1. The van der Waals surface area contributed by atoms with Crippen molar-refractivity contribution >= 4 is 17.4 Å². The van der Waals surface area contributed by atoms with Gasteiger partial charge in [0.2, 0.25) is 0 Å². The Hall–Kier alpha value is -1.92. The second-order valence-electron chi connectivity index (χ2n) is 3.45. The minimum atomic E-state index is -1.22. The largest absolute Gasteiger partial charge is 0.480 e. The molecule has 0 aromatic heterocycles. The zero-order chi connectivity index (χ0) is 12.8. The summed E-state index contributed by atoms with van der Waals surface area (Å²) in [5.41, 5.74) is 6.06. The van der Waals surface area contributed by atoms with Crippen molar-refractivity contribution < 1.29 is 19.8 Å². The minimum absolute atomic E-state index is 0.278. The minimum Gasteiger partial charge on any atom is -0.480 e. The molecule has 0 amide bonds. The molecular formula is C11H14N2O4. The van der Waals surface area contributed by atoms with Gasteiger partial charge in [0.25, 0.3) is 0 Å². The molecular weight excluding hydrogens is 224 g/mol. The van der Waals surface area contributed by atoms with E-state index in [4.69, 9.17) is 15.9 Å². The second kappa shape index (κ2) is 5.97. The maximum Gasteiger partial charge on any atom is 0.320 e. The normalized spacial score (nSPS) is 11.9. The molecule has 0 unspecified atom stereocenters. The number of Topliss-reactive ketones (excluding diaryl/α,β-unsaturated/α-hetero) is 1. The first kappa shape index (κ1) is 13.1. The highest BCUT2D eigenvalue weighted by Gasteiger charge is 2.19. The molecule has 0 saturated carbocycles. The van der Waals surface area contributed by atoms with Crippen LogP contribution in [0, 0.1) is 0 Å². The van der Waals surface area contributed by atoms with E-state index in [2.05, 4.69) is 5.32 Å². The predicted octanol–water partition coefficient (Wildman–Crippen LogP) is 0.0330. The van der Waals surface area contributed by atoms with Gasteiger partial charge in [0, 0.05) is 17.7 Å². The van der Waals surface area contributed by atoms with Gasteiger partial charge < -0.3 is 21.3 Å². The number of carboxylic acids is 1. The lowest BCUT2D eigenvalue weighted by atomic mass is 10.0. The highest BCUT2D eigenvalue weighted by Crippen LogP contribution is 2.17. The van der Waals surface area contributed by atoms with Gasteiger partial charge >= 0.3 is 5.97 Å². The Labute approximate surface area is 98.1 Å². The fourth-order valence-electron chi connectivity index (χ4n) is 1.36. The van der Waals surface area contributed by atoms with E-state index in [1.807, 2.05) is 0 Å². The summed E-state index contributed by atoms with van der Waals surface area (Å²) in [4.78, 5) is 22.3. The van der Waals surface area contributed by atoms with Crippen LogP contribution in [-0.2, 0) is 4.79 Å². The molecule has 1 rings (SSSR count). The van der Waals surface area contributed by atoms with Crippen molar-refractivity contribution in [1.29, 1.82) is 0 Å². The number of carbonyl (C=O) groups excluding carboxylic acids is 1. The number of nitrogens with one attached hydrogen (secondary N) is 1. The smallest absolute Gasteiger partial charge is 0.320 e. The first-order valence-electron chi connectivity index (χ1n) is 5.01. The van der Waals surface area contributed by atoms with E-state index in [1.54, 1.807) is 24.3 Å². The van der Waals surface area contributed by atoms with Gasteiger partial charge in [-0.3, -0.25) is 9.59 Å². The maximum atomic E-state index is 11.8. The van der Waals surface area contributed by atoms with Gasteiger partial charge in [-0.15, -0.1) is 0 Å². The summed E-state index contributed by atoms with van der Waals surface area (Å²) < 4.78 is 0. The van der Waals surface area contributed by atoms with Gasteiger partial charge in [-0.1, -0.05) is 12.1 Å². The average Bonchev–Trinajstić information content (AvgIpc) is 2.29. The Morgan fingerprint density at radius 2 is 2.00 bits per heavy atom. The Morgan fingerprint density at radius 1 is 1.35 bits per heavy atom. The van der Waals surface area contributed by atoms with Crippen LogP contribution < -0.4 is 11.1 Å². The molecule has 6 heteroatoms. The maximum absolute atomic E-state index is 11.8. The van der Waals surface area contributed by atoms with Crippen LogP contribution in [0.2, 0.25) is 0 Å². The SMILES string of the molecule is N[C@@H](CC(=O)c1ccccc1NCO)C(=O)O. The van der Waals surface area contributed by atoms with Crippen molar-refractivity contribution in [3.05, 3.63) is 29.8 Å². The second-order valence-corrected chi connectivity index (χ2v) is 3.45. The summed E-state index contributed by atoms with van der Waals surface area (Å²) in [5.74, 6) is -1.60. The highest BCUT2D eigenvalue weighted by atomic mass is 16.4. The van der Waals surface area contributed by atoms with E-state index in [-0.39, 0.29) is 18.9 Å². The summed E-state index contributed by atoms with van der Waals surface area (Å²) in [6.07, 6.45) is -0.278. The lowest BCUT2D eigenvalue weighted by molar-refractivity contribution is -0.138. The zero-order valence-corrected chi connectivity index (χ0v) is 9.09. The zero-order valence-electron chi connectivity index (χ0n) is 9.09. The molecule has 0 aliphatic heterocycles. The van der Waals surface area contributed by atoms with Gasteiger partial charge in [-0.25, -0.2) is 0 Å². The van der Waals surface area contributed by atoms with Crippen LogP contribution in [0.15, 0.2) is 24.3 Å². The van der Waals surface area contributed by atoms with Crippen LogP contribution in [0.5, 0.6) is 0 Å². The van der Waals surface area contributed by atoms with Gasteiger partial charge in [-0.2, -0.15) is 0 Å². The van der Waals surface area contributed by atoms with Crippen molar-refractivity contribution in [2.75, 3.05) is 12.0 Å². The molecule has 5 N–H and O–H groups in total. The predicted molar refractivity (Wildman–Crippen MR) is 61.7 cm³/mol.